The molecule has 0 bridgehead atoms. The second-order valence-corrected chi connectivity index (χ2v) is 5.32. The average Bonchev–Trinajstić information content (AvgIpc) is 2.30. The van der Waals surface area contributed by atoms with E-state index in [-0.39, 0.29) is 5.78 Å². The maximum atomic E-state index is 12.2. The van der Waals surface area contributed by atoms with Gasteiger partial charge in [-0.15, -0.1) is 0 Å². The van der Waals surface area contributed by atoms with Crippen LogP contribution < -0.4 is 5.32 Å². The molecular weight excluding hydrogens is 280 g/mol. The Hall–Kier alpha value is -0.710. The lowest BCUT2D eigenvalue weighted by Gasteiger charge is -2.26. The topological polar surface area (TPSA) is 32.3 Å². The third-order valence-corrected chi connectivity index (χ3v) is 3.56. The van der Waals surface area contributed by atoms with Crippen LogP contribution in [0.5, 0.6) is 0 Å². The van der Waals surface area contributed by atoms with Crippen molar-refractivity contribution in [2.75, 3.05) is 32.7 Å². The quantitative estimate of drug-likeness (QED) is 0.864. The summed E-state index contributed by atoms with van der Waals surface area (Å²) in [6.07, 6.45) is 0. The number of carbonyl (C=O) groups is 1. The second-order valence-electron chi connectivity index (χ2n) is 4.41. The number of hydrogen-bond donors (Lipinski definition) is 1. The molecule has 17 heavy (non-hydrogen) atoms. The number of halogens is 1. The first-order valence-corrected chi connectivity index (χ1v) is 6.68. The van der Waals surface area contributed by atoms with E-state index in [0.29, 0.717) is 6.54 Å². The lowest BCUT2D eigenvalue weighted by molar-refractivity contribution is 0.0921. The van der Waals surface area contributed by atoms with Crippen molar-refractivity contribution in [1.29, 1.82) is 0 Å². The Labute approximate surface area is 110 Å². The summed E-state index contributed by atoms with van der Waals surface area (Å²) in [6.45, 7) is 6.39. The van der Waals surface area contributed by atoms with Gasteiger partial charge in [0.25, 0.3) is 0 Å². The molecule has 0 spiro atoms. The van der Waals surface area contributed by atoms with E-state index >= 15 is 0 Å². The van der Waals surface area contributed by atoms with Gasteiger partial charge in [-0.25, -0.2) is 0 Å². The van der Waals surface area contributed by atoms with E-state index in [9.17, 15) is 4.79 Å². The molecule has 3 nitrogen and oxygen atoms in total. The zero-order valence-corrected chi connectivity index (χ0v) is 11.6. The molecule has 0 radical (unpaired) electrons. The van der Waals surface area contributed by atoms with Gasteiger partial charge in [-0.1, -0.05) is 15.9 Å². The fourth-order valence-corrected chi connectivity index (χ4v) is 2.57. The minimum Gasteiger partial charge on any atom is -0.314 e. The van der Waals surface area contributed by atoms with Gasteiger partial charge >= 0.3 is 0 Å². The highest BCUT2D eigenvalue weighted by Crippen LogP contribution is 2.16. The Morgan fingerprint density at radius 3 is 2.76 bits per heavy atom. The van der Waals surface area contributed by atoms with E-state index < -0.39 is 0 Å². The Kier molecular flexibility index (Phi) is 4.31. The second kappa shape index (κ2) is 5.76. The summed E-state index contributed by atoms with van der Waals surface area (Å²) in [5, 5.41) is 3.29. The van der Waals surface area contributed by atoms with Crippen molar-refractivity contribution in [3.8, 4) is 0 Å². The van der Waals surface area contributed by atoms with Crippen LogP contribution in [0.3, 0.4) is 0 Å². The Morgan fingerprint density at radius 1 is 1.41 bits per heavy atom. The fraction of sp³-hybridized carbons (Fsp3) is 0.462. The molecule has 1 aromatic carbocycles. The SMILES string of the molecule is Cc1cc(Br)ccc1C(=O)CN1CCNCC1. The zero-order valence-electron chi connectivity index (χ0n) is 10.0. The Balaban J connectivity index is 2.03. The molecule has 0 amide bonds. The van der Waals surface area contributed by atoms with Crippen molar-refractivity contribution in [3.63, 3.8) is 0 Å². The van der Waals surface area contributed by atoms with Crippen molar-refractivity contribution in [2.45, 2.75) is 6.92 Å². The van der Waals surface area contributed by atoms with Gasteiger partial charge in [0.1, 0.15) is 0 Å². The molecule has 0 aromatic heterocycles. The molecule has 1 saturated heterocycles. The molecular formula is C13H17BrN2O. The minimum absolute atomic E-state index is 0.219. The van der Waals surface area contributed by atoms with Gasteiger partial charge in [-0.3, -0.25) is 9.69 Å². The predicted octanol–water partition coefficient (Wildman–Crippen LogP) is 1.85. The van der Waals surface area contributed by atoms with Gasteiger partial charge in [-0.2, -0.15) is 0 Å². The number of ketones is 1. The van der Waals surface area contributed by atoms with Gasteiger partial charge in [0.2, 0.25) is 0 Å². The lowest BCUT2D eigenvalue weighted by atomic mass is 10.0. The van der Waals surface area contributed by atoms with Crippen LogP contribution in [0.1, 0.15) is 15.9 Å². The van der Waals surface area contributed by atoms with Gasteiger partial charge in [0, 0.05) is 36.2 Å². The van der Waals surface area contributed by atoms with Gasteiger partial charge in [-0.05, 0) is 30.7 Å². The van der Waals surface area contributed by atoms with E-state index in [0.717, 1.165) is 41.8 Å². The highest BCUT2D eigenvalue weighted by molar-refractivity contribution is 9.10. The molecule has 0 atom stereocenters. The Bertz CT molecular complexity index is 414. The number of Topliss-reactive ketones (excluding diaryl/α,β-unsaturated/α-hetero) is 1. The molecule has 4 heteroatoms. The third kappa shape index (κ3) is 3.37. The first kappa shape index (κ1) is 12.7. The first-order valence-electron chi connectivity index (χ1n) is 5.89. The third-order valence-electron chi connectivity index (χ3n) is 3.07. The molecule has 2 rings (SSSR count). The molecule has 1 N–H and O–H groups in total. The Morgan fingerprint density at radius 2 is 2.12 bits per heavy atom. The number of hydrogen-bond acceptors (Lipinski definition) is 3. The van der Waals surface area contributed by atoms with Crippen LogP contribution in [-0.2, 0) is 0 Å². The zero-order chi connectivity index (χ0) is 12.3. The molecule has 0 aliphatic carbocycles. The highest BCUT2D eigenvalue weighted by atomic mass is 79.9. The summed E-state index contributed by atoms with van der Waals surface area (Å²) in [5.41, 5.74) is 1.88. The molecule has 0 unspecified atom stereocenters. The van der Waals surface area contributed by atoms with Crippen LogP contribution in [0.4, 0.5) is 0 Å². The standard InChI is InChI=1S/C13H17BrN2O/c1-10-8-11(14)2-3-12(10)13(17)9-16-6-4-15-5-7-16/h2-3,8,15H,4-7,9H2,1H3. The minimum atomic E-state index is 0.219. The lowest BCUT2D eigenvalue weighted by Crippen LogP contribution is -2.45. The summed E-state index contributed by atoms with van der Waals surface area (Å²) in [4.78, 5) is 14.4. The normalized spacial score (nSPS) is 17.1. The molecule has 1 fully saturated rings. The summed E-state index contributed by atoms with van der Waals surface area (Å²) in [5.74, 6) is 0.219. The number of carbonyl (C=O) groups excluding carboxylic acids is 1. The maximum absolute atomic E-state index is 12.2. The molecule has 1 aliphatic heterocycles. The maximum Gasteiger partial charge on any atom is 0.177 e. The largest absolute Gasteiger partial charge is 0.314 e. The smallest absolute Gasteiger partial charge is 0.177 e. The van der Waals surface area contributed by atoms with Gasteiger partial charge in [0.15, 0.2) is 5.78 Å². The van der Waals surface area contributed by atoms with E-state index in [4.69, 9.17) is 0 Å². The number of nitrogens with zero attached hydrogens (tertiary/aromatic N) is 1. The fourth-order valence-electron chi connectivity index (χ4n) is 2.10. The summed E-state index contributed by atoms with van der Waals surface area (Å²) in [6, 6.07) is 5.83. The number of rotatable bonds is 3. The van der Waals surface area contributed by atoms with Crippen LogP contribution in [0.15, 0.2) is 22.7 Å². The molecule has 92 valence electrons. The number of nitrogens with one attached hydrogen (secondary N) is 1. The van der Waals surface area contributed by atoms with Crippen molar-refractivity contribution in [2.24, 2.45) is 0 Å². The van der Waals surface area contributed by atoms with E-state index in [1.807, 2.05) is 25.1 Å². The summed E-state index contributed by atoms with van der Waals surface area (Å²) in [7, 11) is 0. The van der Waals surface area contributed by atoms with Gasteiger partial charge < -0.3 is 5.32 Å². The average molecular weight is 297 g/mol. The van der Waals surface area contributed by atoms with E-state index in [1.165, 1.54) is 0 Å². The molecule has 1 heterocycles. The molecule has 0 saturated carbocycles. The van der Waals surface area contributed by atoms with Crippen LogP contribution in [-0.4, -0.2) is 43.4 Å². The van der Waals surface area contributed by atoms with Crippen molar-refractivity contribution >= 4 is 21.7 Å². The van der Waals surface area contributed by atoms with E-state index in [1.54, 1.807) is 0 Å². The molecule has 1 aliphatic rings. The van der Waals surface area contributed by atoms with Crippen LogP contribution in [0, 0.1) is 6.92 Å². The van der Waals surface area contributed by atoms with Crippen molar-refractivity contribution in [1.82, 2.24) is 10.2 Å². The highest BCUT2D eigenvalue weighted by Gasteiger charge is 2.16. The number of piperazine rings is 1. The van der Waals surface area contributed by atoms with Crippen LogP contribution in [0.2, 0.25) is 0 Å². The van der Waals surface area contributed by atoms with Crippen LogP contribution in [0.25, 0.3) is 0 Å². The summed E-state index contributed by atoms with van der Waals surface area (Å²) >= 11 is 3.41. The summed E-state index contributed by atoms with van der Waals surface area (Å²) < 4.78 is 1.02. The monoisotopic (exact) mass is 296 g/mol. The van der Waals surface area contributed by atoms with Crippen molar-refractivity contribution < 1.29 is 4.79 Å². The van der Waals surface area contributed by atoms with Crippen LogP contribution >= 0.6 is 15.9 Å². The number of benzene rings is 1. The van der Waals surface area contributed by atoms with E-state index in [2.05, 4.69) is 26.1 Å². The molecule has 1 aromatic rings. The number of aryl methyl sites for hydroxylation is 1. The van der Waals surface area contributed by atoms with Crippen molar-refractivity contribution in [3.05, 3.63) is 33.8 Å². The van der Waals surface area contributed by atoms with Gasteiger partial charge in [0.05, 0.1) is 6.54 Å². The predicted molar refractivity (Wildman–Crippen MR) is 72.5 cm³/mol. The first-order chi connectivity index (χ1) is 8.16.